The van der Waals surface area contributed by atoms with Crippen molar-refractivity contribution in [3.05, 3.63) is 0 Å². The molecule has 0 amide bonds. The second kappa shape index (κ2) is 5.26. The van der Waals surface area contributed by atoms with Crippen LogP contribution in [0.2, 0.25) is 0 Å². The SMILES string of the molecule is CN1CCN(CCNC2C3(C)CCC(C3)C2(C)C)CC1. The Morgan fingerprint density at radius 1 is 1.10 bits per heavy atom. The van der Waals surface area contributed by atoms with E-state index < -0.39 is 0 Å². The van der Waals surface area contributed by atoms with Crippen molar-refractivity contribution in [2.45, 2.75) is 46.1 Å². The predicted octanol–water partition coefficient (Wildman–Crippen LogP) is 2.04. The summed E-state index contributed by atoms with van der Waals surface area (Å²) in [4.78, 5) is 5.06. The molecule has 0 aromatic carbocycles. The summed E-state index contributed by atoms with van der Waals surface area (Å²) in [6.07, 6.45) is 4.35. The van der Waals surface area contributed by atoms with E-state index in [1.54, 1.807) is 0 Å². The van der Waals surface area contributed by atoms with Crippen LogP contribution >= 0.6 is 0 Å². The van der Waals surface area contributed by atoms with E-state index >= 15 is 0 Å². The largest absolute Gasteiger partial charge is 0.312 e. The summed E-state index contributed by atoms with van der Waals surface area (Å²) in [5.41, 5.74) is 1.06. The van der Waals surface area contributed by atoms with Crippen molar-refractivity contribution in [1.29, 1.82) is 0 Å². The molecule has 1 N–H and O–H groups in total. The number of fused-ring (bicyclic) bond motifs is 2. The first-order chi connectivity index (χ1) is 9.42. The van der Waals surface area contributed by atoms with Crippen LogP contribution in [0, 0.1) is 16.7 Å². The number of rotatable bonds is 4. The van der Waals surface area contributed by atoms with E-state index in [1.165, 1.54) is 58.5 Å². The molecule has 1 aliphatic heterocycles. The standard InChI is InChI=1S/C17H33N3/c1-16(2)14-5-6-17(3,13-14)15(16)18-7-8-20-11-9-19(4)10-12-20/h14-15,18H,5-13H2,1-4H3. The molecule has 0 aromatic heterocycles. The maximum Gasteiger partial charge on any atom is 0.0175 e. The minimum atomic E-state index is 0.495. The number of hydrogen-bond donors (Lipinski definition) is 1. The van der Waals surface area contributed by atoms with Gasteiger partial charge in [0.2, 0.25) is 0 Å². The van der Waals surface area contributed by atoms with Crippen LogP contribution in [0.3, 0.4) is 0 Å². The maximum atomic E-state index is 3.95. The average Bonchev–Trinajstić information content (AvgIpc) is 2.87. The molecule has 2 aliphatic carbocycles. The lowest BCUT2D eigenvalue weighted by Gasteiger charge is -2.44. The van der Waals surface area contributed by atoms with Crippen LogP contribution in [0.1, 0.15) is 40.0 Å². The van der Waals surface area contributed by atoms with Gasteiger partial charge in [-0.2, -0.15) is 0 Å². The highest BCUT2D eigenvalue weighted by molar-refractivity contribution is 5.11. The summed E-state index contributed by atoms with van der Waals surface area (Å²) in [7, 11) is 2.23. The highest BCUT2D eigenvalue weighted by atomic mass is 15.2. The third-order valence-electron chi connectivity index (χ3n) is 6.64. The molecular weight excluding hydrogens is 246 g/mol. The molecule has 0 spiro atoms. The van der Waals surface area contributed by atoms with Crippen molar-refractivity contribution in [3.8, 4) is 0 Å². The molecule has 20 heavy (non-hydrogen) atoms. The van der Waals surface area contributed by atoms with Crippen LogP contribution in [-0.2, 0) is 0 Å². The third-order valence-corrected chi connectivity index (χ3v) is 6.64. The van der Waals surface area contributed by atoms with E-state index in [2.05, 4.69) is 42.9 Å². The lowest BCUT2D eigenvalue weighted by Crippen LogP contribution is -2.53. The van der Waals surface area contributed by atoms with E-state index in [1.807, 2.05) is 0 Å². The van der Waals surface area contributed by atoms with Gasteiger partial charge in [0.15, 0.2) is 0 Å². The van der Waals surface area contributed by atoms with Gasteiger partial charge < -0.3 is 10.2 Å². The van der Waals surface area contributed by atoms with Gasteiger partial charge in [-0.25, -0.2) is 0 Å². The van der Waals surface area contributed by atoms with Gasteiger partial charge in [-0.3, -0.25) is 4.90 Å². The van der Waals surface area contributed by atoms with E-state index in [-0.39, 0.29) is 0 Å². The first kappa shape index (κ1) is 14.8. The van der Waals surface area contributed by atoms with E-state index in [0.29, 0.717) is 10.8 Å². The Balaban J connectivity index is 1.49. The molecule has 3 aliphatic rings. The van der Waals surface area contributed by atoms with Gasteiger partial charge in [-0.05, 0) is 43.1 Å². The van der Waals surface area contributed by atoms with Crippen molar-refractivity contribution in [2.24, 2.45) is 16.7 Å². The summed E-state index contributed by atoms with van der Waals surface area (Å²) in [5.74, 6) is 0.952. The van der Waals surface area contributed by atoms with Gasteiger partial charge in [0.25, 0.3) is 0 Å². The number of nitrogens with zero attached hydrogens (tertiary/aromatic N) is 2. The smallest absolute Gasteiger partial charge is 0.0175 e. The fourth-order valence-corrected chi connectivity index (χ4v) is 5.25. The van der Waals surface area contributed by atoms with Gasteiger partial charge in [-0.1, -0.05) is 20.8 Å². The minimum Gasteiger partial charge on any atom is -0.312 e. The van der Waals surface area contributed by atoms with Gasteiger partial charge in [0.05, 0.1) is 0 Å². The minimum absolute atomic E-state index is 0.495. The van der Waals surface area contributed by atoms with E-state index in [9.17, 15) is 0 Å². The van der Waals surface area contributed by atoms with Crippen molar-refractivity contribution in [1.82, 2.24) is 15.1 Å². The molecule has 0 aromatic rings. The van der Waals surface area contributed by atoms with Crippen LogP contribution in [0.4, 0.5) is 0 Å². The van der Waals surface area contributed by atoms with Crippen molar-refractivity contribution in [2.75, 3.05) is 46.3 Å². The summed E-state index contributed by atoms with van der Waals surface area (Å²) in [6, 6.07) is 0.723. The normalized spacial score (nSPS) is 41.4. The number of nitrogens with one attached hydrogen (secondary N) is 1. The Labute approximate surface area is 125 Å². The summed E-state index contributed by atoms with van der Waals surface area (Å²) >= 11 is 0. The molecule has 2 saturated carbocycles. The lowest BCUT2D eigenvalue weighted by molar-refractivity contribution is 0.100. The van der Waals surface area contributed by atoms with Gasteiger partial charge in [0.1, 0.15) is 0 Å². The molecule has 3 unspecified atom stereocenters. The van der Waals surface area contributed by atoms with E-state index in [0.717, 1.165) is 12.0 Å². The molecule has 1 saturated heterocycles. The first-order valence-corrected chi connectivity index (χ1v) is 8.56. The Morgan fingerprint density at radius 3 is 2.40 bits per heavy atom. The molecule has 1 heterocycles. The van der Waals surface area contributed by atoms with Gasteiger partial charge >= 0.3 is 0 Å². The highest BCUT2D eigenvalue weighted by Gasteiger charge is 2.58. The zero-order valence-electron chi connectivity index (χ0n) is 13.9. The molecule has 3 nitrogen and oxygen atoms in total. The monoisotopic (exact) mass is 279 g/mol. The van der Waals surface area contributed by atoms with Gasteiger partial charge in [0, 0.05) is 45.3 Å². The summed E-state index contributed by atoms with van der Waals surface area (Å²) in [6.45, 7) is 14.9. The van der Waals surface area contributed by atoms with E-state index in [4.69, 9.17) is 0 Å². The van der Waals surface area contributed by atoms with Crippen molar-refractivity contribution < 1.29 is 0 Å². The molecule has 3 rings (SSSR count). The number of hydrogen-bond acceptors (Lipinski definition) is 3. The quantitative estimate of drug-likeness (QED) is 0.849. The molecule has 2 bridgehead atoms. The number of piperazine rings is 1. The Bertz CT molecular complexity index is 341. The highest BCUT2D eigenvalue weighted by Crippen LogP contribution is 2.62. The lowest BCUT2D eigenvalue weighted by atomic mass is 9.68. The topological polar surface area (TPSA) is 18.5 Å². The molecular formula is C17H33N3. The average molecular weight is 279 g/mol. The second-order valence-electron chi connectivity index (χ2n) is 8.45. The molecule has 3 fully saturated rings. The van der Waals surface area contributed by atoms with Gasteiger partial charge in [-0.15, -0.1) is 0 Å². The summed E-state index contributed by atoms with van der Waals surface area (Å²) < 4.78 is 0. The van der Waals surface area contributed by atoms with Crippen LogP contribution in [0.5, 0.6) is 0 Å². The fraction of sp³-hybridized carbons (Fsp3) is 1.00. The van der Waals surface area contributed by atoms with Crippen LogP contribution in [0.25, 0.3) is 0 Å². The summed E-state index contributed by atoms with van der Waals surface area (Å²) in [5, 5.41) is 3.95. The van der Waals surface area contributed by atoms with Crippen molar-refractivity contribution >= 4 is 0 Å². The zero-order valence-corrected chi connectivity index (χ0v) is 13.9. The van der Waals surface area contributed by atoms with Crippen LogP contribution in [-0.4, -0.2) is 62.2 Å². The predicted molar refractivity (Wildman–Crippen MR) is 85.0 cm³/mol. The molecule has 116 valence electrons. The first-order valence-electron chi connectivity index (χ1n) is 8.56. The molecule has 3 atom stereocenters. The number of likely N-dealkylation sites (N-methyl/N-ethyl adjacent to an activating group) is 1. The Hall–Kier alpha value is -0.120. The Kier molecular flexibility index (Phi) is 3.89. The van der Waals surface area contributed by atoms with Crippen LogP contribution < -0.4 is 5.32 Å². The Morgan fingerprint density at radius 2 is 1.80 bits per heavy atom. The zero-order chi connectivity index (χ0) is 14.4. The third kappa shape index (κ3) is 2.53. The molecule has 0 radical (unpaired) electrons. The van der Waals surface area contributed by atoms with Crippen LogP contribution in [0.15, 0.2) is 0 Å². The molecule has 3 heteroatoms. The fourth-order valence-electron chi connectivity index (χ4n) is 5.25. The maximum absolute atomic E-state index is 3.95. The van der Waals surface area contributed by atoms with Crippen molar-refractivity contribution in [3.63, 3.8) is 0 Å². The second-order valence-corrected chi connectivity index (χ2v) is 8.45.